The lowest BCUT2D eigenvalue weighted by atomic mass is 10.5. The summed E-state index contributed by atoms with van der Waals surface area (Å²) in [4.78, 5) is 21.7. The van der Waals surface area contributed by atoms with Gasteiger partial charge in [0.1, 0.15) is 6.61 Å². The van der Waals surface area contributed by atoms with Gasteiger partial charge in [0, 0.05) is 27.4 Å². The highest BCUT2D eigenvalue weighted by atomic mass is 32.2. The molecular weight excluding hydrogens is 242 g/mol. The van der Waals surface area contributed by atoms with Crippen LogP contribution >= 0.6 is 11.8 Å². The van der Waals surface area contributed by atoms with Crippen LogP contribution in [0.4, 0.5) is 4.79 Å². The van der Waals surface area contributed by atoms with Crippen molar-refractivity contribution in [2.45, 2.75) is 11.5 Å². The van der Waals surface area contributed by atoms with Gasteiger partial charge >= 0.3 is 6.09 Å². The van der Waals surface area contributed by atoms with E-state index in [1.54, 1.807) is 27.4 Å². The molecule has 0 N–H and O–H groups in total. The molecule has 0 atom stereocenters. The number of hydrogen-bond acceptors (Lipinski definition) is 6. The molecule has 7 heteroatoms. The number of hydrogen-bond donors (Lipinski definition) is 0. The number of rotatable bonds is 4. The summed E-state index contributed by atoms with van der Waals surface area (Å²) in [5.41, 5.74) is 0. The molecule has 0 unspecified atom stereocenters. The highest BCUT2D eigenvalue weighted by Gasteiger charge is 2.13. The predicted octanol–water partition coefficient (Wildman–Crippen LogP) is 1.41. The molecule has 1 rings (SSSR count). The summed E-state index contributed by atoms with van der Waals surface area (Å²) in [5, 5.41) is 0. The zero-order valence-corrected chi connectivity index (χ0v) is 11.1. The fourth-order valence-electron chi connectivity index (χ4n) is 0.975. The first-order chi connectivity index (χ1) is 8.08. The minimum absolute atomic E-state index is 0.262. The van der Waals surface area contributed by atoms with Crippen molar-refractivity contribution in [1.82, 2.24) is 14.9 Å². The Hall–Kier alpha value is -1.34. The Kier molecular flexibility index (Phi) is 5.17. The largest absolute Gasteiger partial charge is 0.416 e. The van der Waals surface area contributed by atoms with E-state index in [1.807, 2.05) is 6.26 Å². The number of carbonyl (C=O) groups is 1. The molecule has 0 saturated carbocycles. The van der Waals surface area contributed by atoms with Gasteiger partial charge in [-0.05, 0) is 6.26 Å². The first-order valence-corrected chi connectivity index (χ1v) is 6.09. The van der Waals surface area contributed by atoms with Crippen molar-refractivity contribution in [3.63, 3.8) is 0 Å². The van der Waals surface area contributed by atoms with Crippen molar-refractivity contribution in [1.29, 1.82) is 0 Å². The lowest BCUT2D eigenvalue weighted by Crippen LogP contribution is -2.26. The molecule has 0 spiro atoms. The molecule has 1 amide bonds. The number of thioether (sulfide) groups is 1. The van der Waals surface area contributed by atoms with Gasteiger partial charge in [-0.3, -0.25) is 0 Å². The normalized spacial score (nSPS) is 10.1. The second-order valence-electron chi connectivity index (χ2n) is 3.36. The third-order valence-electron chi connectivity index (χ3n) is 1.81. The maximum absolute atomic E-state index is 11.5. The van der Waals surface area contributed by atoms with Crippen molar-refractivity contribution in [2.75, 3.05) is 27.5 Å². The zero-order chi connectivity index (χ0) is 12.8. The van der Waals surface area contributed by atoms with Gasteiger partial charge in [-0.15, -0.1) is 11.8 Å². The fourth-order valence-corrected chi connectivity index (χ4v) is 1.40. The molecule has 1 aromatic heterocycles. The third kappa shape index (κ3) is 3.86. The van der Waals surface area contributed by atoms with Crippen LogP contribution in [0.2, 0.25) is 0 Å². The van der Waals surface area contributed by atoms with Crippen molar-refractivity contribution < 1.29 is 14.3 Å². The quantitative estimate of drug-likeness (QED) is 0.760. The van der Waals surface area contributed by atoms with E-state index in [2.05, 4.69) is 9.97 Å². The van der Waals surface area contributed by atoms with E-state index in [0.717, 1.165) is 0 Å². The number of carbonyl (C=O) groups excluding carboxylic acids is 1. The molecule has 0 saturated heterocycles. The molecule has 6 nitrogen and oxygen atoms in total. The molecule has 0 aromatic carbocycles. The van der Waals surface area contributed by atoms with Gasteiger partial charge in [0.05, 0.1) is 4.90 Å². The molecular formula is C10H15N3O3S. The molecule has 94 valence electrons. The maximum Gasteiger partial charge on any atom is 0.416 e. The maximum atomic E-state index is 11.5. The Morgan fingerprint density at radius 3 is 2.76 bits per heavy atom. The summed E-state index contributed by atoms with van der Waals surface area (Å²) < 4.78 is 10.1. The van der Waals surface area contributed by atoms with E-state index >= 15 is 0 Å². The van der Waals surface area contributed by atoms with Crippen LogP contribution in [-0.2, 0) is 11.3 Å². The number of nitrogens with zero attached hydrogens (tertiary/aromatic N) is 3. The summed E-state index contributed by atoms with van der Waals surface area (Å²) in [5.74, 6) is 0.741. The lowest BCUT2D eigenvalue weighted by Gasteiger charge is -2.12. The van der Waals surface area contributed by atoms with E-state index in [9.17, 15) is 4.79 Å². The monoisotopic (exact) mass is 257 g/mol. The Balaban J connectivity index is 2.93. The topological polar surface area (TPSA) is 64.6 Å². The van der Waals surface area contributed by atoms with Crippen molar-refractivity contribution in [3.05, 3.63) is 12.0 Å². The zero-order valence-electron chi connectivity index (χ0n) is 10.3. The summed E-state index contributed by atoms with van der Waals surface area (Å²) >= 11 is 1.41. The minimum atomic E-state index is -0.470. The van der Waals surface area contributed by atoms with Gasteiger partial charge in [0.15, 0.2) is 5.82 Å². The van der Waals surface area contributed by atoms with Crippen molar-refractivity contribution in [2.24, 2.45) is 0 Å². The predicted molar refractivity (Wildman–Crippen MR) is 64.2 cm³/mol. The van der Waals surface area contributed by atoms with Crippen LogP contribution in [0, 0.1) is 0 Å². The summed E-state index contributed by atoms with van der Waals surface area (Å²) in [6, 6.07) is 0. The third-order valence-corrected chi connectivity index (χ3v) is 2.53. The summed E-state index contributed by atoms with van der Waals surface area (Å²) in [6.45, 7) is 0.279. The van der Waals surface area contributed by atoms with Gasteiger partial charge < -0.3 is 14.4 Å². The number of amides is 1. The second-order valence-corrected chi connectivity index (χ2v) is 4.20. The summed E-state index contributed by atoms with van der Waals surface area (Å²) in [7, 11) is 4.77. The van der Waals surface area contributed by atoms with Crippen LogP contribution in [0.3, 0.4) is 0 Å². The van der Waals surface area contributed by atoms with E-state index in [0.29, 0.717) is 10.7 Å². The van der Waals surface area contributed by atoms with Gasteiger partial charge in [0.2, 0.25) is 5.88 Å². The fraction of sp³-hybridized carbons (Fsp3) is 0.500. The standard InChI is InChI=1S/C10H15N3O3S/c1-13(2)10(14)16-9-7(17-4)5-11-8(12-9)6-15-3/h5H,6H2,1-4H3. The molecule has 0 aliphatic rings. The van der Waals surface area contributed by atoms with Crippen LogP contribution in [0.25, 0.3) is 0 Å². The SMILES string of the molecule is COCc1ncc(SC)c(OC(=O)N(C)C)n1. The Labute approximate surface area is 104 Å². The number of aromatic nitrogens is 2. The highest BCUT2D eigenvalue weighted by Crippen LogP contribution is 2.24. The van der Waals surface area contributed by atoms with E-state index in [1.165, 1.54) is 16.7 Å². The second kappa shape index (κ2) is 6.41. The molecule has 1 aromatic rings. The molecule has 0 fully saturated rings. The Bertz CT molecular complexity index is 398. The van der Waals surface area contributed by atoms with Crippen LogP contribution < -0.4 is 4.74 Å². The van der Waals surface area contributed by atoms with E-state index in [-0.39, 0.29) is 12.5 Å². The van der Waals surface area contributed by atoms with Gasteiger partial charge in [0.25, 0.3) is 0 Å². The van der Waals surface area contributed by atoms with Crippen LogP contribution in [0.1, 0.15) is 5.82 Å². The molecule has 17 heavy (non-hydrogen) atoms. The van der Waals surface area contributed by atoms with Gasteiger partial charge in [-0.1, -0.05) is 0 Å². The van der Waals surface area contributed by atoms with E-state index < -0.39 is 6.09 Å². The average molecular weight is 257 g/mol. The highest BCUT2D eigenvalue weighted by molar-refractivity contribution is 7.98. The minimum Gasteiger partial charge on any atom is -0.390 e. The molecule has 0 radical (unpaired) electrons. The van der Waals surface area contributed by atoms with E-state index in [4.69, 9.17) is 9.47 Å². The lowest BCUT2D eigenvalue weighted by molar-refractivity contribution is 0.164. The Morgan fingerprint density at radius 1 is 1.53 bits per heavy atom. The van der Waals surface area contributed by atoms with Crippen molar-refractivity contribution in [3.8, 4) is 5.88 Å². The first-order valence-electron chi connectivity index (χ1n) is 4.86. The van der Waals surface area contributed by atoms with Crippen molar-refractivity contribution >= 4 is 17.9 Å². The number of ether oxygens (including phenoxy) is 2. The van der Waals surface area contributed by atoms with Crippen LogP contribution in [0.15, 0.2) is 11.1 Å². The van der Waals surface area contributed by atoms with Gasteiger partial charge in [-0.2, -0.15) is 4.98 Å². The average Bonchev–Trinajstić information content (AvgIpc) is 2.29. The molecule has 0 bridgehead atoms. The van der Waals surface area contributed by atoms with Crippen LogP contribution in [-0.4, -0.2) is 48.4 Å². The molecule has 1 heterocycles. The number of methoxy groups -OCH3 is 1. The Morgan fingerprint density at radius 2 is 2.24 bits per heavy atom. The smallest absolute Gasteiger partial charge is 0.390 e. The molecule has 0 aliphatic carbocycles. The molecule has 0 aliphatic heterocycles. The first kappa shape index (κ1) is 13.7. The van der Waals surface area contributed by atoms with Gasteiger partial charge in [-0.25, -0.2) is 9.78 Å². The summed E-state index contributed by atoms with van der Waals surface area (Å²) in [6.07, 6.45) is 3.01. The van der Waals surface area contributed by atoms with Crippen LogP contribution in [0.5, 0.6) is 5.88 Å².